The van der Waals surface area contributed by atoms with Gasteiger partial charge < -0.3 is 0 Å². The van der Waals surface area contributed by atoms with Gasteiger partial charge in [0.15, 0.2) is 0 Å². The Labute approximate surface area is 106 Å². The summed E-state index contributed by atoms with van der Waals surface area (Å²) in [6.45, 7) is 7.39. The van der Waals surface area contributed by atoms with E-state index in [4.69, 9.17) is 11.6 Å². The highest BCUT2D eigenvalue weighted by molar-refractivity contribution is 9.09. The molecule has 0 fully saturated rings. The van der Waals surface area contributed by atoms with Gasteiger partial charge >= 0.3 is 0 Å². The Kier molecular flexibility index (Phi) is 5.65. The van der Waals surface area contributed by atoms with Crippen LogP contribution in [-0.4, -0.2) is 23.3 Å². The third-order valence-electron chi connectivity index (χ3n) is 2.48. The molecule has 0 bridgehead atoms. The lowest BCUT2D eigenvalue weighted by Gasteiger charge is -2.19. The number of nitrogens with zero attached hydrogens (tertiary/aromatic N) is 1. The quantitative estimate of drug-likeness (QED) is 0.744. The first-order valence-corrected chi connectivity index (χ1v) is 6.70. The topological polar surface area (TPSA) is 3.24 Å². The van der Waals surface area contributed by atoms with E-state index in [1.807, 2.05) is 13.0 Å². The molecule has 1 aromatic rings. The zero-order valence-electron chi connectivity index (χ0n) is 9.26. The van der Waals surface area contributed by atoms with Gasteiger partial charge in [0.1, 0.15) is 0 Å². The van der Waals surface area contributed by atoms with Crippen molar-refractivity contribution in [3.63, 3.8) is 0 Å². The second-order valence-corrected chi connectivity index (χ2v) is 4.84. The molecule has 84 valence electrons. The van der Waals surface area contributed by atoms with Crippen molar-refractivity contribution >= 4 is 27.5 Å². The van der Waals surface area contributed by atoms with E-state index in [1.165, 1.54) is 5.56 Å². The van der Waals surface area contributed by atoms with Crippen LogP contribution >= 0.6 is 27.5 Å². The average molecular weight is 291 g/mol. The Balaban J connectivity index is 2.66. The monoisotopic (exact) mass is 289 g/mol. The second kappa shape index (κ2) is 6.51. The van der Waals surface area contributed by atoms with Gasteiger partial charge in [-0.05, 0) is 30.7 Å². The van der Waals surface area contributed by atoms with Crippen LogP contribution in [0.2, 0.25) is 5.02 Å². The van der Waals surface area contributed by atoms with Crippen molar-refractivity contribution in [2.24, 2.45) is 0 Å². The van der Waals surface area contributed by atoms with Crippen LogP contribution in [-0.2, 0) is 6.54 Å². The summed E-state index contributed by atoms with van der Waals surface area (Å²) in [4.78, 5) is 2.40. The predicted molar refractivity (Wildman–Crippen MR) is 70.9 cm³/mol. The van der Waals surface area contributed by atoms with E-state index in [9.17, 15) is 0 Å². The molecule has 0 saturated heterocycles. The van der Waals surface area contributed by atoms with E-state index in [0.29, 0.717) is 0 Å². The maximum absolute atomic E-state index is 5.99. The number of hydrogen-bond donors (Lipinski definition) is 0. The minimum Gasteiger partial charge on any atom is -0.299 e. The van der Waals surface area contributed by atoms with Crippen molar-refractivity contribution in [1.29, 1.82) is 0 Å². The van der Waals surface area contributed by atoms with Crippen molar-refractivity contribution in [3.05, 3.63) is 34.3 Å². The molecule has 0 aliphatic carbocycles. The lowest BCUT2D eigenvalue weighted by molar-refractivity contribution is 0.299. The number of hydrogen-bond acceptors (Lipinski definition) is 1. The molecular formula is C12H17BrClN. The standard InChI is InChI=1S/C12H17BrClN/c1-3-15(7-6-13)9-11-4-5-12(14)10(2)8-11/h4-5,8H,3,6-7,9H2,1-2H3. The molecule has 0 spiro atoms. The van der Waals surface area contributed by atoms with Gasteiger partial charge in [0.25, 0.3) is 0 Å². The van der Waals surface area contributed by atoms with Crippen LogP contribution < -0.4 is 0 Å². The van der Waals surface area contributed by atoms with Crippen molar-refractivity contribution in [2.45, 2.75) is 20.4 Å². The highest BCUT2D eigenvalue weighted by Crippen LogP contribution is 2.17. The number of rotatable bonds is 5. The molecule has 15 heavy (non-hydrogen) atoms. The minimum absolute atomic E-state index is 0.849. The molecule has 0 unspecified atom stereocenters. The van der Waals surface area contributed by atoms with Crippen LogP contribution in [0, 0.1) is 6.92 Å². The Morgan fingerprint density at radius 2 is 2.13 bits per heavy atom. The SMILES string of the molecule is CCN(CCBr)Cc1ccc(Cl)c(C)c1. The van der Waals surface area contributed by atoms with E-state index in [0.717, 1.165) is 35.6 Å². The van der Waals surface area contributed by atoms with Gasteiger partial charge in [-0.1, -0.05) is 46.6 Å². The molecule has 1 nitrogen and oxygen atoms in total. The smallest absolute Gasteiger partial charge is 0.0435 e. The normalized spacial score (nSPS) is 11.0. The first kappa shape index (κ1) is 13.0. The van der Waals surface area contributed by atoms with Crippen LogP contribution in [0.4, 0.5) is 0 Å². The summed E-state index contributed by atoms with van der Waals surface area (Å²) in [5.41, 5.74) is 2.49. The summed E-state index contributed by atoms with van der Waals surface area (Å²) < 4.78 is 0. The van der Waals surface area contributed by atoms with E-state index in [1.54, 1.807) is 0 Å². The van der Waals surface area contributed by atoms with Crippen LogP contribution in [0.5, 0.6) is 0 Å². The zero-order valence-corrected chi connectivity index (χ0v) is 11.6. The lowest BCUT2D eigenvalue weighted by Crippen LogP contribution is -2.24. The van der Waals surface area contributed by atoms with Crippen LogP contribution in [0.15, 0.2) is 18.2 Å². The molecule has 0 N–H and O–H groups in total. The highest BCUT2D eigenvalue weighted by Gasteiger charge is 2.03. The highest BCUT2D eigenvalue weighted by atomic mass is 79.9. The number of aryl methyl sites for hydroxylation is 1. The van der Waals surface area contributed by atoms with Gasteiger partial charge in [-0.15, -0.1) is 0 Å². The summed E-state index contributed by atoms with van der Waals surface area (Å²) >= 11 is 9.46. The molecule has 0 aliphatic rings. The van der Waals surface area contributed by atoms with Crippen molar-refractivity contribution < 1.29 is 0 Å². The van der Waals surface area contributed by atoms with Gasteiger partial charge in [0.2, 0.25) is 0 Å². The molecular weight excluding hydrogens is 273 g/mol. The Hall–Kier alpha value is -0.0500. The minimum atomic E-state index is 0.849. The number of halogens is 2. The molecule has 1 rings (SSSR count). The first-order chi connectivity index (χ1) is 7.17. The van der Waals surface area contributed by atoms with Gasteiger partial charge in [-0.3, -0.25) is 4.90 Å². The number of benzene rings is 1. The largest absolute Gasteiger partial charge is 0.299 e. The van der Waals surface area contributed by atoms with Gasteiger partial charge in [-0.25, -0.2) is 0 Å². The van der Waals surface area contributed by atoms with E-state index in [2.05, 4.69) is 39.9 Å². The van der Waals surface area contributed by atoms with Crippen molar-refractivity contribution in [1.82, 2.24) is 4.90 Å². The fourth-order valence-corrected chi connectivity index (χ4v) is 2.15. The number of alkyl halides is 1. The summed E-state index contributed by atoms with van der Waals surface area (Å²) in [5.74, 6) is 0. The average Bonchev–Trinajstić information content (AvgIpc) is 2.23. The second-order valence-electron chi connectivity index (χ2n) is 3.64. The predicted octanol–water partition coefficient (Wildman–Crippen LogP) is 3.87. The lowest BCUT2D eigenvalue weighted by atomic mass is 10.1. The summed E-state index contributed by atoms with van der Waals surface area (Å²) in [6, 6.07) is 6.25. The molecule has 0 heterocycles. The summed E-state index contributed by atoms with van der Waals surface area (Å²) in [7, 11) is 0. The van der Waals surface area contributed by atoms with Crippen LogP contribution in [0.25, 0.3) is 0 Å². The fraction of sp³-hybridized carbons (Fsp3) is 0.500. The van der Waals surface area contributed by atoms with Crippen molar-refractivity contribution in [3.8, 4) is 0 Å². The maximum Gasteiger partial charge on any atom is 0.0435 e. The maximum atomic E-state index is 5.99. The van der Waals surface area contributed by atoms with E-state index < -0.39 is 0 Å². The molecule has 0 atom stereocenters. The van der Waals surface area contributed by atoms with Crippen LogP contribution in [0.3, 0.4) is 0 Å². The molecule has 1 aromatic carbocycles. The molecule has 0 radical (unpaired) electrons. The van der Waals surface area contributed by atoms with E-state index >= 15 is 0 Å². The molecule has 0 saturated carbocycles. The third kappa shape index (κ3) is 4.13. The summed E-state index contributed by atoms with van der Waals surface area (Å²) in [5, 5.41) is 1.87. The first-order valence-electron chi connectivity index (χ1n) is 5.20. The molecule has 0 amide bonds. The molecule has 0 aliphatic heterocycles. The Morgan fingerprint density at radius 3 is 2.67 bits per heavy atom. The molecule has 3 heteroatoms. The molecule has 0 aromatic heterocycles. The zero-order chi connectivity index (χ0) is 11.3. The Morgan fingerprint density at radius 1 is 1.40 bits per heavy atom. The summed E-state index contributed by atoms with van der Waals surface area (Å²) in [6.07, 6.45) is 0. The fourth-order valence-electron chi connectivity index (χ4n) is 1.53. The van der Waals surface area contributed by atoms with Crippen molar-refractivity contribution in [2.75, 3.05) is 18.4 Å². The van der Waals surface area contributed by atoms with Gasteiger partial charge in [0, 0.05) is 23.4 Å². The van der Waals surface area contributed by atoms with E-state index in [-0.39, 0.29) is 0 Å². The Bertz CT molecular complexity index is 314. The third-order valence-corrected chi connectivity index (χ3v) is 3.26. The van der Waals surface area contributed by atoms with Gasteiger partial charge in [-0.2, -0.15) is 0 Å². The van der Waals surface area contributed by atoms with Gasteiger partial charge in [0.05, 0.1) is 0 Å². The van der Waals surface area contributed by atoms with Crippen LogP contribution in [0.1, 0.15) is 18.1 Å².